The van der Waals surface area contributed by atoms with Crippen LogP contribution in [0.2, 0.25) is 0 Å². The number of aromatic nitrogens is 1. The minimum absolute atomic E-state index is 0.136. The van der Waals surface area contributed by atoms with Gasteiger partial charge in [-0.3, -0.25) is 9.59 Å². The highest BCUT2D eigenvalue weighted by Gasteiger charge is 2.36. The smallest absolute Gasteiger partial charge is 0.328 e. The maximum Gasteiger partial charge on any atom is 0.328 e. The summed E-state index contributed by atoms with van der Waals surface area (Å²) in [6.45, 7) is 7.03. The third-order valence-corrected chi connectivity index (χ3v) is 9.39. The van der Waals surface area contributed by atoms with Crippen molar-refractivity contribution in [3.8, 4) is 17.0 Å². The van der Waals surface area contributed by atoms with E-state index in [1.165, 1.54) is 42.0 Å². The highest BCUT2D eigenvalue weighted by Crippen LogP contribution is 2.47. The maximum atomic E-state index is 14.0. The van der Waals surface area contributed by atoms with Gasteiger partial charge in [0.25, 0.3) is 5.91 Å². The van der Waals surface area contributed by atoms with Crippen LogP contribution in [0.4, 0.5) is 5.69 Å². The van der Waals surface area contributed by atoms with Crippen LogP contribution < -0.4 is 15.4 Å². The molecule has 2 amide bonds. The van der Waals surface area contributed by atoms with Crippen molar-refractivity contribution in [3.63, 3.8) is 0 Å². The number of nitrogens with one attached hydrogen (secondary N) is 2. The molecule has 244 valence electrons. The third kappa shape index (κ3) is 6.82. The maximum absolute atomic E-state index is 14.0. The summed E-state index contributed by atoms with van der Waals surface area (Å²) in [7, 11) is 0. The van der Waals surface area contributed by atoms with Gasteiger partial charge in [0.15, 0.2) is 0 Å². The Kier molecular flexibility index (Phi) is 9.21. The van der Waals surface area contributed by atoms with Crippen LogP contribution in [0.1, 0.15) is 86.7 Å². The molecular weight excluding hydrogens is 590 g/mol. The van der Waals surface area contributed by atoms with E-state index in [1.807, 2.05) is 38.1 Å². The summed E-state index contributed by atoms with van der Waals surface area (Å²) in [5, 5.41) is 16.1. The van der Waals surface area contributed by atoms with Gasteiger partial charge in [-0.2, -0.15) is 0 Å². The molecule has 8 heteroatoms. The number of para-hydroxylation sites is 1. The molecule has 1 unspecified atom stereocenters. The van der Waals surface area contributed by atoms with Gasteiger partial charge in [-0.1, -0.05) is 63.4 Å². The van der Waals surface area contributed by atoms with Crippen LogP contribution >= 0.6 is 0 Å². The Bertz CT molecular complexity index is 1830. The van der Waals surface area contributed by atoms with Crippen molar-refractivity contribution in [1.82, 2.24) is 9.88 Å². The van der Waals surface area contributed by atoms with E-state index in [-0.39, 0.29) is 17.7 Å². The molecule has 2 heterocycles. The van der Waals surface area contributed by atoms with Gasteiger partial charge in [-0.25, -0.2) is 4.79 Å². The molecule has 2 aliphatic rings. The number of carboxylic acid groups (broad SMARTS) is 1. The SMILES string of the molecule is CC(C)CC(C)(NC(=O)c1ccc2c(C3CCCCC3)c3n(c2c1)CCOc1ccccc1-3)C(=O)Nc1ccc(/C=C/C(=O)O)cc1. The van der Waals surface area contributed by atoms with Crippen molar-refractivity contribution in [2.45, 2.75) is 77.3 Å². The van der Waals surface area contributed by atoms with Crippen LogP contribution in [0.3, 0.4) is 0 Å². The van der Waals surface area contributed by atoms with Gasteiger partial charge in [0.2, 0.25) is 5.91 Å². The molecule has 0 radical (unpaired) electrons. The van der Waals surface area contributed by atoms with E-state index in [0.29, 0.717) is 42.3 Å². The summed E-state index contributed by atoms with van der Waals surface area (Å²) in [4.78, 5) is 38.6. The number of hydrogen-bond donors (Lipinski definition) is 3. The molecule has 1 aliphatic heterocycles. The van der Waals surface area contributed by atoms with Crippen molar-refractivity contribution < 1.29 is 24.2 Å². The molecule has 8 nitrogen and oxygen atoms in total. The number of aliphatic carboxylic acids is 1. The number of anilines is 1. The molecule has 1 saturated carbocycles. The fourth-order valence-corrected chi connectivity index (χ4v) is 7.33. The van der Waals surface area contributed by atoms with Crippen LogP contribution in [-0.4, -0.2) is 39.6 Å². The number of nitrogens with zero attached hydrogens (tertiary/aromatic N) is 1. The molecule has 1 atom stereocenters. The largest absolute Gasteiger partial charge is 0.491 e. The van der Waals surface area contributed by atoms with Crippen molar-refractivity contribution in [1.29, 1.82) is 0 Å². The first kappa shape index (κ1) is 32.1. The average molecular weight is 634 g/mol. The van der Waals surface area contributed by atoms with E-state index >= 15 is 0 Å². The predicted octanol–water partition coefficient (Wildman–Crippen LogP) is 8.02. The summed E-state index contributed by atoms with van der Waals surface area (Å²) >= 11 is 0. The third-order valence-electron chi connectivity index (χ3n) is 9.39. The number of carbonyl (C=O) groups is 3. The number of carbonyl (C=O) groups excluding carboxylic acids is 2. The standard InChI is InChI=1S/C39H43N3O5/c1-25(2)24-39(3,38(46)40-29-17-13-26(14-18-29)15-20-34(43)44)41-37(45)28-16-19-30-32(23-28)42-21-22-47-33-12-8-7-11-31(33)36(42)35(30)27-9-5-4-6-10-27/h7-8,11-20,23,25,27H,4-6,9-10,21-22,24H2,1-3H3,(H,40,46)(H,41,45)(H,43,44)/b20-15+. The Morgan fingerprint density at radius 1 is 1.02 bits per heavy atom. The number of carboxylic acids is 1. The van der Waals surface area contributed by atoms with Gasteiger partial charge < -0.3 is 25.0 Å². The minimum Gasteiger partial charge on any atom is -0.491 e. The molecule has 3 N–H and O–H groups in total. The lowest BCUT2D eigenvalue weighted by Crippen LogP contribution is -2.55. The second kappa shape index (κ2) is 13.5. The molecule has 1 aliphatic carbocycles. The van der Waals surface area contributed by atoms with Crippen LogP contribution in [0, 0.1) is 5.92 Å². The number of amides is 2. The zero-order chi connectivity index (χ0) is 33.1. The van der Waals surface area contributed by atoms with Crippen molar-refractivity contribution in [2.75, 3.05) is 11.9 Å². The molecular formula is C39H43N3O5. The molecule has 3 aromatic carbocycles. The molecule has 0 spiro atoms. The Morgan fingerprint density at radius 2 is 1.77 bits per heavy atom. The second-order valence-electron chi connectivity index (χ2n) is 13.5. The fraction of sp³-hybridized carbons (Fsp3) is 0.359. The van der Waals surface area contributed by atoms with Crippen LogP contribution in [0.5, 0.6) is 5.75 Å². The molecule has 0 saturated heterocycles. The van der Waals surface area contributed by atoms with E-state index in [1.54, 1.807) is 31.2 Å². The Morgan fingerprint density at radius 3 is 2.49 bits per heavy atom. The highest BCUT2D eigenvalue weighted by molar-refractivity contribution is 6.05. The molecule has 47 heavy (non-hydrogen) atoms. The van der Waals surface area contributed by atoms with Gasteiger partial charge in [0.1, 0.15) is 17.9 Å². The fourth-order valence-electron chi connectivity index (χ4n) is 7.33. The molecule has 1 fully saturated rings. The van der Waals surface area contributed by atoms with Gasteiger partial charge in [0.05, 0.1) is 12.2 Å². The zero-order valence-electron chi connectivity index (χ0n) is 27.3. The second-order valence-corrected chi connectivity index (χ2v) is 13.5. The predicted molar refractivity (Wildman–Crippen MR) is 186 cm³/mol. The number of hydrogen-bond acceptors (Lipinski definition) is 4. The lowest BCUT2D eigenvalue weighted by molar-refractivity contribution is -0.131. The van der Waals surface area contributed by atoms with Gasteiger partial charge in [-0.05, 0) is 91.6 Å². The van der Waals surface area contributed by atoms with Crippen molar-refractivity contribution >= 4 is 40.4 Å². The number of ether oxygens (including phenoxy) is 1. The normalized spacial score (nSPS) is 16.2. The lowest BCUT2D eigenvalue weighted by atomic mass is 9.81. The summed E-state index contributed by atoms with van der Waals surface area (Å²) in [5.41, 5.74) is 5.25. The highest BCUT2D eigenvalue weighted by atomic mass is 16.5. The first-order valence-electron chi connectivity index (χ1n) is 16.7. The van der Waals surface area contributed by atoms with Crippen LogP contribution in [-0.2, 0) is 16.1 Å². The number of rotatable bonds is 9. The first-order chi connectivity index (χ1) is 22.6. The summed E-state index contributed by atoms with van der Waals surface area (Å²) in [6, 6.07) is 21.1. The monoisotopic (exact) mass is 633 g/mol. The van der Waals surface area contributed by atoms with E-state index < -0.39 is 11.5 Å². The Hall–Kier alpha value is -4.85. The molecule has 1 aromatic heterocycles. The van der Waals surface area contributed by atoms with Crippen molar-refractivity contribution in [3.05, 3.63) is 89.5 Å². The van der Waals surface area contributed by atoms with Gasteiger partial charge in [0, 0.05) is 33.8 Å². The van der Waals surface area contributed by atoms with Crippen molar-refractivity contribution in [2.24, 2.45) is 5.92 Å². The quantitative estimate of drug-likeness (QED) is 0.162. The van der Waals surface area contributed by atoms with Crippen LogP contribution in [0.25, 0.3) is 28.2 Å². The summed E-state index contributed by atoms with van der Waals surface area (Å²) in [5.74, 6) is -0.173. The number of fused-ring (bicyclic) bond motifs is 5. The van der Waals surface area contributed by atoms with Gasteiger partial charge >= 0.3 is 5.97 Å². The number of benzene rings is 3. The lowest BCUT2D eigenvalue weighted by Gasteiger charge is -2.31. The van der Waals surface area contributed by atoms with E-state index in [2.05, 4.69) is 33.4 Å². The topological polar surface area (TPSA) is 110 Å². The Balaban J connectivity index is 1.32. The first-order valence-corrected chi connectivity index (χ1v) is 16.7. The van der Waals surface area contributed by atoms with E-state index in [9.17, 15) is 14.4 Å². The zero-order valence-corrected chi connectivity index (χ0v) is 27.3. The summed E-state index contributed by atoms with van der Waals surface area (Å²) < 4.78 is 8.52. The van der Waals surface area contributed by atoms with Gasteiger partial charge in [-0.15, -0.1) is 0 Å². The molecule has 4 aromatic rings. The van der Waals surface area contributed by atoms with Crippen LogP contribution in [0.15, 0.2) is 72.8 Å². The molecule has 6 rings (SSSR count). The minimum atomic E-state index is -1.18. The van der Waals surface area contributed by atoms with E-state index in [4.69, 9.17) is 9.84 Å². The van der Waals surface area contributed by atoms with E-state index in [0.717, 1.165) is 35.7 Å². The average Bonchev–Trinajstić information content (AvgIpc) is 3.25. The molecule has 0 bridgehead atoms. The summed E-state index contributed by atoms with van der Waals surface area (Å²) in [6.07, 6.45) is 9.01. The Labute approximate surface area is 275 Å².